The van der Waals surface area contributed by atoms with Crippen LogP contribution in [0.4, 0.5) is 0 Å². The lowest BCUT2D eigenvalue weighted by atomic mass is 9.99. The molecule has 0 fully saturated rings. The second-order valence-corrected chi connectivity index (χ2v) is 7.90. The molecule has 4 aromatic rings. The maximum absolute atomic E-state index is 11.6. The maximum Gasteiger partial charge on any atom is 0.238 e. The van der Waals surface area contributed by atoms with E-state index >= 15 is 0 Å². The largest absolute Gasteiger partial charge is 0.256 e. The van der Waals surface area contributed by atoms with E-state index in [1.807, 2.05) is 49.4 Å². The lowest BCUT2D eigenvalue weighted by Gasteiger charge is -2.11. The van der Waals surface area contributed by atoms with Crippen LogP contribution in [-0.2, 0) is 10.0 Å². The smallest absolute Gasteiger partial charge is 0.238 e. The molecule has 0 spiro atoms. The average molecular weight is 375 g/mol. The summed E-state index contributed by atoms with van der Waals surface area (Å²) >= 11 is 0. The molecule has 0 aliphatic rings. The Morgan fingerprint density at radius 2 is 1.70 bits per heavy atom. The van der Waals surface area contributed by atoms with Gasteiger partial charge in [-0.25, -0.2) is 13.6 Å². The Balaban J connectivity index is 1.82. The van der Waals surface area contributed by atoms with Crippen LogP contribution in [0, 0.1) is 6.92 Å². The maximum atomic E-state index is 11.6. The van der Waals surface area contributed by atoms with Gasteiger partial charge in [0, 0.05) is 28.9 Å². The van der Waals surface area contributed by atoms with E-state index < -0.39 is 10.0 Å². The lowest BCUT2D eigenvalue weighted by molar-refractivity contribution is 0.598. The Bertz CT molecular complexity index is 1260. The second-order valence-electron chi connectivity index (χ2n) is 6.34. The summed E-state index contributed by atoms with van der Waals surface area (Å²) in [6.07, 6.45) is 3.53. The predicted molar refractivity (Wildman–Crippen MR) is 107 cm³/mol. The van der Waals surface area contributed by atoms with Gasteiger partial charge in [-0.1, -0.05) is 30.3 Å². The molecule has 0 unspecified atom stereocenters. The van der Waals surface area contributed by atoms with Crippen LogP contribution < -0.4 is 5.14 Å². The van der Waals surface area contributed by atoms with Crippen LogP contribution >= 0.6 is 0 Å². The van der Waals surface area contributed by atoms with Crippen molar-refractivity contribution in [3.63, 3.8) is 0 Å². The lowest BCUT2D eigenvalue weighted by Crippen LogP contribution is -2.11. The number of para-hydroxylation sites is 1. The molecule has 0 saturated carbocycles. The molecule has 134 valence electrons. The minimum absolute atomic E-state index is 0.0851. The summed E-state index contributed by atoms with van der Waals surface area (Å²) in [6, 6.07) is 18.5. The van der Waals surface area contributed by atoms with Gasteiger partial charge in [0.05, 0.1) is 16.1 Å². The fourth-order valence-electron chi connectivity index (χ4n) is 3.17. The highest BCUT2D eigenvalue weighted by Crippen LogP contribution is 2.31. The number of hydrogen-bond acceptors (Lipinski definition) is 4. The van der Waals surface area contributed by atoms with Gasteiger partial charge in [-0.15, -0.1) is 0 Å². The van der Waals surface area contributed by atoms with E-state index in [0.29, 0.717) is 0 Å². The number of primary sulfonamides is 1. The van der Waals surface area contributed by atoms with Crippen LogP contribution in [0.5, 0.6) is 0 Å². The normalized spacial score (nSPS) is 11.6. The number of nitrogens with zero attached hydrogens (tertiary/aromatic N) is 2. The summed E-state index contributed by atoms with van der Waals surface area (Å²) in [6.45, 7) is 1.99. The van der Waals surface area contributed by atoms with Crippen LogP contribution in [0.3, 0.4) is 0 Å². The first-order chi connectivity index (χ1) is 12.9. The van der Waals surface area contributed by atoms with E-state index in [0.717, 1.165) is 38.9 Å². The van der Waals surface area contributed by atoms with Crippen molar-refractivity contribution < 1.29 is 8.42 Å². The van der Waals surface area contributed by atoms with Gasteiger partial charge in [0.1, 0.15) is 0 Å². The fraction of sp³-hybridized carbons (Fsp3) is 0.0476. The first-order valence-corrected chi connectivity index (χ1v) is 9.92. The molecular weight excluding hydrogens is 358 g/mol. The van der Waals surface area contributed by atoms with Crippen molar-refractivity contribution in [1.82, 2.24) is 9.97 Å². The van der Waals surface area contributed by atoms with Crippen molar-refractivity contribution in [1.29, 1.82) is 0 Å². The third kappa shape index (κ3) is 3.32. The Hall–Kier alpha value is -3.09. The molecular formula is C21H17N3O2S. The first-order valence-electron chi connectivity index (χ1n) is 8.37. The Labute approximate surface area is 157 Å². The Morgan fingerprint density at radius 3 is 2.48 bits per heavy atom. The number of benzene rings is 2. The van der Waals surface area contributed by atoms with Gasteiger partial charge >= 0.3 is 0 Å². The number of hydrogen-bond donors (Lipinski definition) is 1. The second kappa shape index (κ2) is 6.57. The fourth-order valence-corrected chi connectivity index (χ4v) is 3.73. The summed E-state index contributed by atoms with van der Waals surface area (Å²) in [5, 5.41) is 6.28. The Morgan fingerprint density at radius 1 is 0.889 bits per heavy atom. The molecule has 4 rings (SSSR count). The van der Waals surface area contributed by atoms with Crippen molar-refractivity contribution in [2.75, 3.05) is 0 Å². The van der Waals surface area contributed by atoms with Gasteiger partial charge in [0.15, 0.2) is 0 Å². The van der Waals surface area contributed by atoms with E-state index in [4.69, 9.17) is 5.14 Å². The predicted octanol–water partition coefficient (Wildman–Crippen LogP) is 3.92. The summed E-state index contributed by atoms with van der Waals surface area (Å²) in [5.74, 6) is 0. The minimum atomic E-state index is -3.75. The van der Waals surface area contributed by atoms with Gasteiger partial charge in [-0.3, -0.25) is 9.97 Å². The number of nitrogens with two attached hydrogens (primary N) is 1. The molecule has 0 radical (unpaired) electrons. The number of rotatable bonds is 3. The molecule has 5 nitrogen and oxygen atoms in total. The van der Waals surface area contributed by atoms with Gasteiger partial charge in [0.25, 0.3) is 0 Å². The molecule has 0 aliphatic heterocycles. The molecule has 2 heterocycles. The molecule has 0 amide bonds. The highest BCUT2D eigenvalue weighted by molar-refractivity contribution is 7.89. The summed E-state index contributed by atoms with van der Waals surface area (Å²) < 4.78 is 23.2. The van der Waals surface area contributed by atoms with Crippen LogP contribution in [0.1, 0.15) is 5.56 Å². The number of fused-ring (bicyclic) bond motifs is 1. The van der Waals surface area contributed by atoms with Gasteiger partial charge in [-0.2, -0.15) is 0 Å². The zero-order valence-corrected chi connectivity index (χ0v) is 15.4. The summed E-state index contributed by atoms with van der Waals surface area (Å²) in [4.78, 5) is 9.14. The van der Waals surface area contributed by atoms with Crippen LogP contribution in [0.15, 0.2) is 78.0 Å². The molecule has 27 heavy (non-hydrogen) atoms. The standard InChI is InChI=1S/C21H17N3O2S/c1-14-11-16(15-5-4-6-17(12-15)27(22,25)26)13-24-21(14)19-9-10-23-20-8-3-2-7-18(19)20/h2-13H,1H3,(H2,22,25,26). The summed E-state index contributed by atoms with van der Waals surface area (Å²) in [5.41, 5.74) is 5.39. The highest BCUT2D eigenvalue weighted by atomic mass is 32.2. The molecule has 6 heteroatoms. The Kier molecular flexibility index (Phi) is 4.22. The number of aromatic nitrogens is 2. The van der Waals surface area contributed by atoms with E-state index in [1.54, 1.807) is 24.5 Å². The van der Waals surface area contributed by atoms with Gasteiger partial charge in [0.2, 0.25) is 10.0 Å². The van der Waals surface area contributed by atoms with Crippen LogP contribution in [-0.4, -0.2) is 18.4 Å². The van der Waals surface area contributed by atoms with Crippen LogP contribution in [0.2, 0.25) is 0 Å². The van der Waals surface area contributed by atoms with E-state index in [9.17, 15) is 8.42 Å². The molecule has 0 atom stereocenters. The third-order valence-electron chi connectivity index (χ3n) is 4.48. The average Bonchev–Trinajstić information content (AvgIpc) is 2.67. The minimum Gasteiger partial charge on any atom is -0.256 e. The number of sulfonamides is 1. The molecule has 2 N–H and O–H groups in total. The monoisotopic (exact) mass is 375 g/mol. The number of aryl methyl sites for hydroxylation is 1. The van der Waals surface area contributed by atoms with Crippen molar-refractivity contribution in [3.05, 3.63) is 78.6 Å². The van der Waals surface area contributed by atoms with Crippen molar-refractivity contribution >= 4 is 20.9 Å². The van der Waals surface area contributed by atoms with E-state index in [1.165, 1.54) is 6.07 Å². The topological polar surface area (TPSA) is 85.9 Å². The van der Waals surface area contributed by atoms with Crippen LogP contribution in [0.25, 0.3) is 33.3 Å². The molecule has 0 saturated heterocycles. The molecule has 2 aromatic carbocycles. The van der Waals surface area contributed by atoms with Crippen molar-refractivity contribution in [2.45, 2.75) is 11.8 Å². The SMILES string of the molecule is Cc1cc(-c2cccc(S(N)(=O)=O)c2)cnc1-c1ccnc2ccccc12. The van der Waals surface area contributed by atoms with E-state index in [-0.39, 0.29) is 4.90 Å². The van der Waals surface area contributed by atoms with Crippen molar-refractivity contribution in [2.24, 2.45) is 5.14 Å². The molecule has 0 bridgehead atoms. The molecule has 2 aromatic heterocycles. The summed E-state index contributed by atoms with van der Waals surface area (Å²) in [7, 11) is -3.75. The quantitative estimate of drug-likeness (QED) is 0.588. The number of pyridine rings is 2. The van der Waals surface area contributed by atoms with Crippen molar-refractivity contribution in [3.8, 4) is 22.4 Å². The third-order valence-corrected chi connectivity index (χ3v) is 5.39. The van der Waals surface area contributed by atoms with E-state index in [2.05, 4.69) is 9.97 Å². The van der Waals surface area contributed by atoms with Gasteiger partial charge < -0.3 is 0 Å². The zero-order valence-electron chi connectivity index (χ0n) is 14.6. The zero-order chi connectivity index (χ0) is 19.0. The first kappa shape index (κ1) is 17.3. The molecule has 0 aliphatic carbocycles. The van der Waals surface area contributed by atoms with Gasteiger partial charge in [-0.05, 0) is 48.4 Å². The highest BCUT2D eigenvalue weighted by Gasteiger charge is 2.12.